The van der Waals surface area contributed by atoms with Gasteiger partial charge in [0.05, 0.1) is 14.2 Å². The Labute approximate surface area is 219 Å². The Bertz CT molecular complexity index is 1380. The molecule has 2 heterocycles. The summed E-state index contributed by atoms with van der Waals surface area (Å²) in [7, 11) is -2.19. The molecular formula is C22H30N2O8S4+2. The minimum atomic E-state index is -4.16. The number of hydrogen-bond donors (Lipinski definition) is 2. The first-order chi connectivity index (χ1) is 16.9. The minimum Gasteiger partial charge on any atom is -0.264 e. The minimum absolute atomic E-state index is 0.870. The fourth-order valence-electron chi connectivity index (χ4n) is 3.29. The van der Waals surface area contributed by atoms with Gasteiger partial charge in [-0.25, -0.2) is 0 Å². The smallest absolute Gasteiger partial charge is 0.264 e. The van der Waals surface area contributed by atoms with Crippen LogP contribution in [-0.2, 0) is 56.1 Å². The van der Waals surface area contributed by atoms with Gasteiger partial charge in [-0.3, -0.25) is 17.5 Å². The van der Waals surface area contributed by atoms with E-state index in [0.29, 0.717) is 0 Å². The summed E-state index contributed by atoms with van der Waals surface area (Å²) in [6.07, 6.45) is 4.83. The molecule has 0 unspecified atom stereocenters. The van der Waals surface area contributed by atoms with Gasteiger partial charge in [0.1, 0.15) is 23.5 Å². The van der Waals surface area contributed by atoms with Gasteiger partial charge >= 0.3 is 20.8 Å². The second-order valence-corrected chi connectivity index (χ2v) is 12.0. The van der Waals surface area contributed by atoms with E-state index in [1.165, 1.54) is 56.1 Å². The van der Waals surface area contributed by atoms with Crippen LogP contribution in [0.3, 0.4) is 0 Å². The van der Waals surface area contributed by atoms with E-state index in [4.69, 9.17) is 9.11 Å². The van der Waals surface area contributed by atoms with Crippen molar-refractivity contribution in [3.63, 3.8) is 0 Å². The SMILES string of the molecule is COS(=O)(=O)O.COS(=O)(=O)O.C[n+]1c(CCCCc2sc3ccccc3[n+]2C)sc2ccccc21. The van der Waals surface area contributed by atoms with Crippen LogP contribution in [0.1, 0.15) is 22.9 Å². The lowest BCUT2D eigenvalue weighted by Crippen LogP contribution is -2.31. The van der Waals surface area contributed by atoms with Gasteiger partial charge < -0.3 is 0 Å². The van der Waals surface area contributed by atoms with E-state index in [-0.39, 0.29) is 0 Å². The standard InChI is InChI=1S/C20H22N2S2.2CH4O4S/c1-21-15-9-3-5-11-17(15)23-19(21)13-7-8-14-20-22(2)16-10-4-6-12-18(16)24-20;2*1-5-6(2,3)4/h3-6,9-12H,7-8,13-14H2,1-2H3;2*1H3,(H,2,3,4)/q+2;;. The van der Waals surface area contributed by atoms with Crippen LogP contribution in [0.15, 0.2) is 48.5 Å². The summed E-state index contributed by atoms with van der Waals surface area (Å²) in [4.78, 5) is 0. The third-order valence-electron chi connectivity index (χ3n) is 5.11. The summed E-state index contributed by atoms with van der Waals surface area (Å²) >= 11 is 3.87. The maximum absolute atomic E-state index is 9.33. The molecule has 2 N–H and O–H groups in total. The molecule has 0 fully saturated rings. The van der Waals surface area contributed by atoms with Gasteiger partial charge in [0.15, 0.2) is 0 Å². The number of nitrogens with zero attached hydrogens (tertiary/aromatic N) is 2. The molecule has 2 aromatic heterocycles. The molecule has 0 spiro atoms. The lowest BCUT2D eigenvalue weighted by Gasteiger charge is -1.95. The normalized spacial score (nSPS) is 11.6. The molecule has 2 aromatic carbocycles. The van der Waals surface area contributed by atoms with Crippen molar-refractivity contribution in [1.29, 1.82) is 0 Å². The fourth-order valence-corrected chi connectivity index (χ4v) is 5.67. The molecule has 0 amide bonds. The van der Waals surface area contributed by atoms with Crippen LogP contribution in [0.4, 0.5) is 0 Å². The number of thiazole rings is 2. The highest BCUT2D eigenvalue weighted by molar-refractivity contribution is 7.81. The maximum Gasteiger partial charge on any atom is 0.397 e. The highest BCUT2D eigenvalue weighted by atomic mass is 32.3. The van der Waals surface area contributed by atoms with Crippen molar-refractivity contribution in [1.82, 2.24) is 0 Å². The van der Waals surface area contributed by atoms with Crippen molar-refractivity contribution in [2.75, 3.05) is 14.2 Å². The predicted molar refractivity (Wildman–Crippen MR) is 140 cm³/mol. The highest BCUT2D eigenvalue weighted by Gasteiger charge is 2.18. The number of hydrogen-bond acceptors (Lipinski definition) is 8. The molecular weight excluding hydrogens is 549 g/mol. The Hall–Kier alpha value is -2.04. The molecule has 10 nitrogen and oxygen atoms in total. The Morgan fingerprint density at radius 2 is 1.00 bits per heavy atom. The van der Waals surface area contributed by atoms with Gasteiger partial charge in [-0.2, -0.15) is 26.0 Å². The third-order valence-corrected chi connectivity index (χ3v) is 8.51. The number of rotatable bonds is 7. The van der Waals surface area contributed by atoms with Crippen LogP contribution in [0.5, 0.6) is 0 Å². The first-order valence-corrected chi connectivity index (χ1v) is 15.0. The molecule has 0 atom stereocenters. The zero-order valence-corrected chi connectivity index (χ0v) is 23.6. The van der Waals surface area contributed by atoms with Crippen molar-refractivity contribution in [3.05, 3.63) is 58.5 Å². The van der Waals surface area contributed by atoms with Gasteiger partial charge in [0, 0.05) is 25.0 Å². The predicted octanol–water partition coefficient (Wildman–Crippen LogP) is 3.20. The molecule has 0 saturated carbocycles. The first-order valence-electron chi connectivity index (χ1n) is 10.6. The van der Waals surface area contributed by atoms with Gasteiger partial charge in [0.25, 0.3) is 0 Å². The summed E-state index contributed by atoms with van der Waals surface area (Å²) in [5.41, 5.74) is 2.71. The van der Waals surface area contributed by atoms with Crippen LogP contribution >= 0.6 is 22.7 Å². The summed E-state index contributed by atoms with van der Waals surface area (Å²) in [5, 5.41) is 2.97. The second-order valence-electron chi connectivity index (χ2n) is 7.44. The zero-order chi connectivity index (χ0) is 26.9. The summed E-state index contributed by atoms with van der Waals surface area (Å²) in [6.45, 7) is 0. The Kier molecular flexibility index (Phi) is 11.3. The summed E-state index contributed by atoms with van der Waals surface area (Å²) in [6, 6.07) is 17.4. The van der Waals surface area contributed by atoms with E-state index in [0.717, 1.165) is 14.2 Å². The lowest BCUT2D eigenvalue weighted by molar-refractivity contribution is -0.648. The molecule has 0 aliphatic carbocycles. The molecule has 0 bridgehead atoms. The van der Waals surface area contributed by atoms with Gasteiger partial charge in [-0.15, -0.1) is 0 Å². The lowest BCUT2D eigenvalue weighted by atomic mass is 10.2. The van der Waals surface area contributed by atoms with Crippen LogP contribution in [-0.4, -0.2) is 40.2 Å². The number of benzene rings is 2. The molecule has 14 heteroatoms. The first kappa shape index (κ1) is 30.2. The molecule has 0 aliphatic heterocycles. The zero-order valence-electron chi connectivity index (χ0n) is 20.3. The monoisotopic (exact) mass is 578 g/mol. The average molecular weight is 579 g/mol. The number of unbranched alkanes of at least 4 members (excludes halogenated alkanes) is 1. The van der Waals surface area contributed by atoms with Gasteiger partial charge in [0.2, 0.25) is 21.0 Å². The van der Waals surface area contributed by atoms with E-state index in [9.17, 15) is 16.8 Å². The van der Waals surface area contributed by atoms with Crippen molar-refractivity contribution in [3.8, 4) is 0 Å². The third kappa shape index (κ3) is 9.44. The van der Waals surface area contributed by atoms with Crippen molar-refractivity contribution in [2.45, 2.75) is 25.7 Å². The molecule has 4 rings (SSSR count). The highest BCUT2D eigenvalue weighted by Crippen LogP contribution is 2.23. The Morgan fingerprint density at radius 3 is 1.28 bits per heavy atom. The topological polar surface area (TPSA) is 135 Å². The fraction of sp³-hybridized carbons (Fsp3) is 0.364. The van der Waals surface area contributed by atoms with E-state index >= 15 is 0 Å². The van der Waals surface area contributed by atoms with Crippen molar-refractivity contribution >= 4 is 63.9 Å². The quantitative estimate of drug-likeness (QED) is 0.194. The van der Waals surface area contributed by atoms with Crippen LogP contribution in [0, 0.1) is 0 Å². The summed E-state index contributed by atoms with van der Waals surface area (Å²) in [5.74, 6) is 0. The van der Waals surface area contributed by atoms with E-state index in [1.807, 2.05) is 22.7 Å². The Morgan fingerprint density at radius 1 is 0.694 bits per heavy atom. The largest absolute Gasteiger partial charge is 0.397 e. The van der Waals surface area contributed by atoms with Crippen LogP contribution in [0.25, 0.3) is 20.4 Å². The number of aromatic nitrogens is 2. The number of para-hydroxylation sites is 2. The molecule has 0 aliphatic rings. The van der Waals surface area contributed by atoms with E-state index < -0.39 is 20.8 Å². The van der Waals surface area contributed by atoms with E-state index in [2.05, 4.69) is 80.1 Å². The van der Waals surface area contributed by atoms with E-state index in [1.54, 1.807) is 0 Å². The molecule has 4 aromatic rings. The second kappa shape index (κ2) is 13.5. The molecule has 36 heavy (non-hydrogen) atoms. The van der Waals surface area contributed by atoms with Crippen molar-refractivity contribution in [2.24, 2.45) is 14.1 Å². The summed E-state index contributed by atoms with van der Waals surface area (Å²) < 4.78 is 66.9. The van der Waals surface area contributed by atoms with Crippen LogP contribution in [0.2, 0.25) is 0 Å². The van der Waals surface area contributed by atoms with Crippen molar-refractivity contribution < 1.29 is 43.4 Å². The number of fused-ring (bicyclic) bond motifs is 2. The molecule has 0 radical (unpaired) electrons. The van der Waals surface area contributed by atoms with Gasteiger partial charge in [-0.1, -0.05) is 46.9 Å². The van der Waals surface area contributed by atoms with Gasteiger partial charge in [-0.05, 0) is 25.0 Å². The molecule has 0 saturated heterocycles. The Balaban J connectivity index is 0.000000319. The number of aryl methyl sites for hydroxylation is 4. The maximum atomic E-state index is 9.33. The van der Waals surface area contributed by atoms with Crippen LogP contribution < -0.4 is 9.13 Å². The molecule has 198 valence electrons. The average Bonchev–Trinajstić information content (AvgIpc) is 3.33.